The van der Waals surface area contributed by atoms with Crippen LogP contribution in [0.15, 0.2) is 24.3 Å². The van der Waals surface area contributed by atoms with E-state index in [1.54, 1.807) is 0 Å². The molecular weight excluding hydrogens is 222 g/mol. The van der Waals surface area contributed by atoms with Gasteiger partial charge in [0.15, 0.2) is 0 Å². The lowest BCUT2D eigenvalue weighted by molar-refractivity contribution is 0.305. The lowest BCUT2D eigenvalue weighted by atomic mass is 10.1. The van der Waals surface area contributed by atoms with Crippen molar-refractivity contribution in [2.75, 3.05) is 20.2 Å². The number of aliphatic hydroxyl groups is 1. The zero-order chi connectivity index (χ0) is 13.2. The molecule has 18 heavy (non-hydrogen) atoms. The fourth-order valence-electron chi connectivity index (χ4n) is 1.79. The van der Waals surface area contributed by atoms with Crippen molar-refractivity contribution in [3.63, 3.8) is 0 Å². The summed E-state index contributed by atoms with van der Waals surface area (Å²) in [5.74, 6) is 6.03. The highest BCUT2D eigenvalue weighted by atomic mass is 16.2. The van der Waals surface area contributed by atoms with Crippen LogP contribution in [0, 0.1) is 11.8 Å². The summed E-state index contributed by atoms with van der Waals surface area (Å²) in [5.41, 5.74) is 2.33. The maximum atomic E-state index is 8.69. The highest BCUT2D eigenvalue weighted by molar-refractivity contribution is 5.37. The Hall–Kier alpha value is -1.30. The summed E-state index contributed by atoms with van der Waals surface area (Å²) in [7, 11) is 2.15. The van der Waals surface area contributed by atoms with E-state index in [0.29, 0.717) is 6.42 Å². The summed E-state index contributed by atoms with van der Waals surface area (Å²) in [6.45, 7) is 4.45. The van der Waals surface area contributed by atoms with Crippen LogP contribution >= 0.6 is 0 Å². The van der Waals surface area contributed by atoms with Crippen LogP contribution in [0.1, 0.15) is 37.3 Å². The second-order valence-electron chi connectivity index (χ2n) is 4.57. The Kier molecular flexibility index (Phi) is 7.17. The standard InChI is InChI=1S/C16H23NO/c1-3-4-11-17(2)14-16-10-7-9-15(13-16)8-5-6-12-18/h7,9-10,13,18H,3-4,6,11-12,14H2,1-2H3. The molecule has 2 heteroatoms. The van der Waals surface area contributed by atoms with Crippen molar-refractivity contribution in [2.45, 2.75) is 32.7 Å². The van der Waals surface area contributed by atoms with Gasteiger partial charge in [-0.3, -0.25) is 0 Å². The molecule has 1 aromatic rings. The van der Waals surface area contributed by atoms with Crippen molar-refractivity contribution in [3.8, 4) is 11.8 Å². The Morgan fingerprint density at radius 2 is 2.17 bits per heavy atom. The van der Waals surface area contributed by atoms with Crippen LogP contribution in [0.2, 0.25) is 0 Å². The molecule has 2 nitrogen and oxygen atoms in total. The van der Waals surface area contributed by atoms with Crippen molar-refractivity contribution in [3.05, 3.63) is 35.4 Å². The van der Waals surface area contributed by atoms with E-state index in [9.17, 15) is 0 Å². The van der Waals surface area contributed by atoms with Gasteiger partial charge in [0.25, 0.3) is 0 Å². The van der Waals surface area contributed by atoms with Gasteiger partial charge in [-0.2, -0.15) is 0 Å². The van der Waals surface area contributed by atoms with Crippen LogP contribution in [0.5, 0.6) is 0 Å². The molecule has 1 aromatic carbocycles. The van der Waals surface area contributed by atoms with Crippen molar-refractivity contribution >= 4 is 0 Å². The maximum Gasteiger partial charge on any atom is 0.0540 e. The molecule has 0 amide bonds. The van der Waals surface area contributed by atoms with Gasteiger partial charge in [-0.15, -0.1) is 0 Å². The quantitative estimate of drug-likeness (QED) is 0.779. The minimum Gasteiger partial charge on any atom is -0.395 e. The molecule has 0 aliphatic rings. The number of rotatable bonds is 6. The fraction of sp³-hybridized carbons (Fsp3) is 0.500. The second kappa shape index (κ2) is 8.74. The van der Waals surface area contributed by atoms with Gasteiger partial charge in [0.05, 0.1) is 6.61 Å². The molecule has 0 saturated heterocycles. The van der Waals surface area contributed by atoms with Gasteiger partial charge in [-0.1, -0.05) is 37.3 Å². The lowest BCUT2D eigenvalue weighted by Gasteiger charge is -2.16. The summed E-state index contributed by atoms with van der Waals surface area (Å²) in [5, 5.41) is 8.69. The van der Waals surface area contributed by atoms with E-state index in [0.717, 1.165) is 18.7 Å². The first-order valence-corrected chi connectivity index (χ1v) is 6.63. The predicted molar refractivity (Wildman–Crippen MR) is 76.3 cm³/mol. The average Bonchev–Trinajstić information content (AvgIpc) is 2.37. The normalized spacial score (nSPS) is 10.2. The third kappa shape index (κ3) is 5.86. The van der Waals surface area contributed by atoms with Crippen LogP contribution in [0.4, 0.5) is 0 Å². The molecule has 0 saturated carbocycles. The molecule has 0 spiro atoms. The van der Waals surface area contributed by atoms with Gasteiger partial charge in [0, 0.05) is 18.5 Å². The van der Waals surface area contributed by atoms with Crippen LogP contribution in [0.3, 0.4) is 0 Å². The number of nitrogens with zero attached hydrogens (tertiary/aromatic N) is 1. The van der Waals surface area contributed by atoms with Gasteiger partial charge in [0.2, 0.25) is 0 Å². The average molecular weight is 245 g/mol. The minimum absolute atomic E-state index is 0.131. The van der Waals surface area contributed by atoms with E-state index < -0.39 is 0 Å². The molecule has 1 rings (SSSR count). The van der Waals surface area contributed by atoms with E-state index >= 15 is 0 Å². The van der Waals surface area contributed by atoms with Gasteiger partial charge < -0.3 is 10.0 Å². The van der Waals surface area contributed by atoms with E-state index in [2.05, 4.69) is 42.8 Å². The van der Waals surface area contributed by atoms with Crippen molar-refractivity contribution in [1.29, 1.82) is 0 Å². The van der Waals surface area contributed by atoms with Crippen LogP contribution in [0.25, 0.3) is 0 Å². The van der Waals surface area contributed by atoms with Gasteiger partial charge in [-0.25, -0.2) is 0 Å². The molecule has 0 heterocycles. The van der Waals surface area contributed by atoms with E-state index in [1.165, 1.54) is 18.4 Å². The number of hydrogen-bond donors (Lipinski definition) is 1. The van der Waals surface area contributed by atoms with Crippen LogP contribution < -0.4 is 0 Å². The Labute approximate surface area is 111 Å². The smallest absolute Gasteiger partial charge is 0.0540 e. The summed E-state index contributed by atoms with van der Waals surface area (Å²) in [6.07, 6.45) is 3.02. The molecule has 0 radical (unpaired) electrons. The summed E-state index contributed by atoms with van der Waals surface area (Å²) in [6, 6.07) is 8.33. The first-order valence-electron chi connectivity index (χ1n) is 6.63. The Morgan fingerprint density at radius 1 is 1.33 bits per heavy atom. The summed E-state index contributed by atoms with van der Waals surface area (Å²) >= 11 is 0. The number of hydrogen-bond acceptors (Lipinski definition) is 2. The monoisotopic (exact) mass is 245 g/mol. The van der Waals surface area contributed by atoms with Gasteiger partial charge in [0.1, 0.15) is 0 Å². The van der Waals surface area contributed by atoms with Crippen molar-refractivity contribution < 1.29 is 5.11 Å². The van der Waals surface area contributed by atoms with Gasteiger partial charge in [-0.05, 0) is 37.7 Å². The Bertz CT molecular complexity index is 403. The topological polar surface area (TPSA) is 23.5 Å². The van der Waals surface area contributed by atoms with Gasteiger partial charge >= 0.3 is 0 Å². The van der Waals surface area contributed by atoms with E-state index in [-0.39, 0.29) is 6.61 Å². The SMILES string of the molecule is CCCCN(C)Cc1cccc(C#CCCO)c1. The maximum absolute atomic E-state index is 8.69. The highest BCUT2D eigenvalue weighted by Crippen LogP contribution is 2.07. The van der Waals surface area contributed by atoms with Crippen LogP contribution in [-0.4, -0.2) is 30.2 Å². The van der Waals surface area contributed by atoms with Crippen LogP contribution in [-0.2, 0) is 6.54 Å². The highest BCUT2D eigenvalue weighted by Gasteiger charge is 2.00. The largest absolute Gasteiger partial charge is 0.395 e. The third-order valence-corrected chi connectivity index (χ3v) is 2.74. The van der Waals surface area contributed by atoms with E-state index in [1.807, 2.05) is 12.1 Å². The van der Waals surface area contributed by atoms with E-state index in [4.69, 9.17) is 5.11 Å². The first kappa shape index (κ1) is 14.8. The molecule has 0 atom stereocenters. The number of aliphatic hydroxyl groups excluding tert-OH is 1. The minimum atomic E-state index is 0.131. The van der Waals surface area contributed by atoms with Crippen molar-refractivity contribution in [2.24, 2.45) is 0 Å². The fourth-order valence-corrected chi connectivity index (χ4v) is 1.79. The number of unbranched alkanes of at least 4 members (excludes halogenated alkanes) is 1. The molecular formula is C16H23NO. The first-order chi connectivity index (χ1) is 8.76. The molecule has 0 aromatic heterocycles. The predicted octanol–water partition coefficient (Wildman–Crippen LogP) is 2.65. The Balaban J connectivity index is 2.57. The molecule has 98 valence electrons. The van der Waals surface area contributed by atoms with Crippen molar-refractivity contribution in [1.82, 2.24) is 4.90 Å². The zero-order valence-electron chi connectivity index (χ0n) is 11.4. The summed E-state index contributed by atoms with van der Waals surface area (Å²) in [4.78, 5) is 2.34. The molecule has 0 fully saturated rings. The summed E-state index contributed by atoms with van der Waals surface area (Å²) < 4.78 is 0. The third-order valence-electron chi connectivity index (χ3n) is 2.74. The molecule has 0 aliphatic carbocycles. The molecule has 0 aliphatic heterocycles. The molecule has 0 bridgehead atoms. The second-order valence-corrected chi connectivity index (χ2v) is 4.57. The Morgan fingerprint density at radius 3 is 2.89 bits per heavy atom. The number of benzene rings is 1. The lowest BCUT2D eigenvalue weighted by Crippen LogP contribution is -2.18. The molecule has 0 unspecified atom stereocenters. The molecule has 1 N–H and O–H groups in total. The zero-order valence-corrected chi connectivity index (χ0v) is 11.4.